The summed E-state index contributed by atoms with van der Waals surface area (Å²) in [5.41, 5.74) is 0.560. The Morgan fingerprint density at radius 1 is 1.34 bits per heavy atom. The molecule has 0 saturated carbocycles. The SMILES string of the molecule is CC1N(c2cnn(C)c2)C(=O)COC12CCN(Cc1ccco1)CC2.O=C(O)C(F)(F)F. The van der Waals surface area contributed by atoms with Gasteiger partial charge in [-0.15, -0.1) is 0 Å². The first-order valence-electron chi connectivity index (χ1n) is 10.0. The maximum absolute atomic E-state index is 12.5. The lowest BCUT2D eigenvalue weighted by atomic mass is 9.82. The largest absolute Gasteiger partial charge is 0.490 e. The zero-order valence-electron chi connectivity index (χ0n) is 17.7. The van der Waals surface area contributed by atoms with Crippen molar-refractivity contribution in [2.75, 3.05) is 24.6 Å². The number of carboxylic acids is 1. The van der Waals surface area contributed by atoms with Gasteiger partial charge >= 0.3 is 12.1 Å². The van der Waals surface area contributed by atoms with Crippen LogP contribution < -0.4 is 4.90 Å². The fraction of sp³-hybridized carbons (Fsp3) is 0.550. The second kappa shape index (κ2) is 9.33. The summed E-state index contributed by atoms with van der Waals surface area (Å²) in [6.07, 6.45) is 2.07. The summed E-state index contributed by atoms with van der Waals surface area (Å²) in [6, 6.07) is 3.92. The third-order valence-electron chi connectivity index (χ3n) is 5.77. The molecule has 4 rings (SSSR count). The summed E-state index contributed by atoms with van der Waals surface area (Å²) in [5.74, 6) is -1.77. The highest BCUT2D eigenvalue weighted by Gasteiger charge is 2.48. The number of morpholine rings is 1. The van der Waals surface area contributed by atoms with Gasteiger partial charge in [-0.3, -0.25) is 14.4 Å². The van der Waals surface area contributed by atoms with Crippen LogP contribution >= 0.6 is 0 Å². The monoisotopic (exact) mass is 458 g/mol. The van der Waals surface area contributed by atoms with E-state index in [0.717, 1.165) is 43.9 Å². The van der Waals surface area contributed by atoms with Crippen LogP contribution in [-0.2, 0) is 27.9 Å². The molecule has 1 N–H and O–H groups in total. The minimum Gasteiger partial charge on any atom is -0.475 e. The number of carbonyl (C=O) groups is 2. The van der Waals surface area contributed by atoms with Gasteiger partial charge in [-0.05, 0) is 31.9 Å². The minimum absolute atomic E-state index is 0.00383. The van der Waals surface area contributed by atoms with E-state index in [1.165, 1.54) is 0 Å². The van der Waals surface area contributed by atoms with Gasteiger partial charge in [0.1, 0.15) is 12.4 Å². The van der Waals surface area contributed by atoms with Gasteiger partial charge in [-0.1, -0.05) is 0 Å². The first-order chi connectivity index (χ1) is 15.0. The van der Waals surface area contributed by atoms with Crippen molar-refractivity contribution >= 4 is 17.6 Å². The van der Waals surface area contributed by atoms with Crippen molar-refractivity contribution in [2.24, 2.45) is 7.05 Å². The van der Waals surface area contributed by atoms with Crippen LogP contribution in [0.5, 0.6) is 0 Å². The molecule has 2 saturated heterocycles. The van der Waals surface area contributed by atoms with Crippen molar-refractivity contribution in [1.29, 1.82) is 0 Å². The number of likely N-dealkylation sites (tertiary alicyclic amines) is 1. The lowest BCUT2D eigenvalue weighted by Gasteiger charge is -2.51. The molecule has 176 valence electrons. The van der Waals surface area contributed by atoms with Crippen LogP contribution in [0.25, 0.3) is 0 Å². The van der Waals surface area contributed by atoms with E-state index in [1.807, 2.05) is 30.3 Å². The summed E-state index contributed by atoms with van der Waals surface area (Å²) >= 11 is 0. The summed E-state index contributed by atoms with van der Waals surface area (Å²) in [7, 11) is 1.86. The summed E-state index contributed by atoms with van der Waals surface area (Å²) in [6.45, 7) is 4.91. The molecule has 12 heteroatoms. The number of carboxylic acid groups (broad SMARTS) is 1. The second-order valence-corrected chi connectivity index (χ2v) is 7.82. The second-order valence-electron chi connectivity index (χ2n) is 7.82. The molecule has 9 nitrogen and oxygen atoms in total. The first kappa shape index (κ1) is 23.8. The molecule has 1 unspecified atom stereocenters. The molecule has 1 amide bonds. The fourth-order valence-electron chi connectivity index (χ4n) is 4.02. The van der Waals surface area contributed by atoms with Crippen LogP contribution in [0.2, 0.25) is 0 Å². The molecular formula is C20H25F3N4O5. The van der Waals surface area contributed by atoms with Gasteiger partial charge in [-0.2, -0.15) is 18.3 Å². The van der Waals surface area contributed by atoms with Gasteiger partial charge in [0.05, 0.1) is 36.3 Å². The highest BCUT2D eigenvalue weighted by Crippen LogP contribution is 2.38. The van der Waals surface area contributed by atoms with Crippen LogP contribution in [0.15, 0.2) is 35.2 Å². The number of anilines is 1. The Morgan fingerprint density at radius 2 is 2.00 bits per heavy atom. The van der Waals surface area contributed by atoms with E-state index in [2.05, 4.69) is 16.9 Å². The predicted octanol–water partition coefficient (Wildman–Crippen LogP) is 2.43. The number of carbonyl (C=O) groups excluding carboxylic acids is 1. The number of ether oxygens (including phenoxy) is 1. The van der Waals surface area contributed by atoms with Gasteiger partial charge < -0.3 is 19.2 Å². The highest BCUT2D eigenvalue weighted by molar-refractivity contribution is 5.95. The standard InChI is InChI=1S/C18H24N4O3.C2HF3O2/c1-14-18(5-7-21(8-6-18)12-16-4-3-9-24-16)25-13-17(23)22(14)15-10-19-20(2)11-15;3-2(4,5)1(6)7/h3-4,9-11,14H,5-8,12-13H2,1-2H3;(H,6,7). The van der Waals surface area contributed by atoms with E-state index < -0.39 is 12.1 Å². The van der Waals surface area contributed by atoms with E-state index >= 15 is 0 Å². The number of amides is 1. The van der Waals surface area contributed by atoms with Gasteiger partial charge in [-0.25, -0.2) is 4.79 Å². The molecule has 1 atom stereocenters. The number of aliphatic carboxylic acids is 1. The zero-order chi connectivity index (χ0) is 23.5. The Kier molecular flexibility index (Phi) is 6.94. The van der Waals surface area contributed by atoms with Crippen molar-refractivity contribution in [3.05, 3.63) is 36.5 Å². The van der Waals surface area contributed by atoms with E-state index in [0.29, 0.717) is 0 Å². The Balaban J connectivity index is 0.000000360. The molecular weight excluding hydrogens is 433 g/mol. The molecule has 2 fully saturated rings. The normalized spacial score (nSPS) is 21.3. The number of aromatic nitrogens is 2. The van der Waals surface area contributed by atoms with Gasteiger partial charge in [0.15, 0.2) is 0 Å². The Hall–Kier alpha value is -2.86. The molecule has 2 aromatic heterocycles. The first-order valence-corrected chi connectivity index (χ1v) is 10.0. The van der Waals surface area contributed by atoms with Crippen LogP contribution in [0.4, 0.5) is 18.9 Å². The Labute approximate surface area is 182 Å². The summed E-state index contributed by atoms with van der Waals surface area (Å²) in [5, 5.41) is 11.3. The molecule has 0 aliphatic carbocycles. The molecule has 0 radical (unpaired) electrons. The third kappa shape index (κ3) is 5.30. The van der Waals surface area contributed by atoms with Crippen LogP contribution in [0.1, 0.15) is 25.5 Å². The molecule has 0 bridgehead atoms. The lowest BCUT2D eigenvalue weighted by molar-refractivity contribution is -0.192. The summed E-state index contributed by atoms with van der Waals surface area (Å²) in [4.78, 5) is 25.6. The van der Waals surface area contributed by atoms with E-state index in [1.54, 1.807) is 17.1 Å². The quantitative estimate of drug-likeness (QED) is 0.754. The molecule has 1 spiro atoms. The highest BCUT2D eigenvalue weighted by atomic mass is 19.4. The molecule has 4 heterocycles. The number of nitrogens with zero attached hydrogens (tertiary/aromatic N) is 4. The van der Waals surface area contributed by atoms with Crippen molar-refractivity contribution in [3.8, 4) is 0 Å². The number of rotatable bonds is 3. The van der Waals surface area contributed by atoms with Gasteiger partial charge in [0, 0.05) is 26.3 Å². The van der Waals surface area contributed by atoms with E-state index in [4.69, 9.17) is 19.1 Å². The number of piperidine rings is 1. The van der Waals surface area contributed by atoms with Gasteiger partial charge in [0.2, 0.25) is 0 Å². The molecule has 0 aromatic carbocycles. The average molecular weight is 458 g/mol. The smallest absolute Gasteiger partial charge is 0.475 e. The number of alkyl halides is 3. The maximum atomic E-state index is 12.5. The number of furan rings is 1. The Morgan fingerprint density at radius 3 is 2.50 bits per heavy atom. The molecule has 32 heavy (non-hydrogen) atoms. The van der Waals surface area contributed by atoms with E-state index in [9.17, 15) is 18.0 Å². The number of hydrogen-bond donors (Lipinski definition) is 1. The number of halogens is 3. The number of aryl methyl sites for hydroxylation is 1. The van der Waals surface area contributed by atoms with Crippen molar-refractivity contribution in [3.63, 3.8) is 0 Å². The van der Waals surface area contributed by atoms with Gasteiger partial charge in [0.25, 0.3) is 5.91 Å². The van der Waals surface area contributed by atoms with Crippen molar-refractivity contribution < 1.29 is 37.0 Å². The number of hydrogen-bond acceptors (Lipinski definition) is 6. The average Bonchev–Trinajstić information content (AvgIpc) is 3.39. The minimum atomic E-state index is -5.08. The van der Waals surface area contributed by atoms with Crippen molar-refractivity contribution in [2.45, 2.75) is 44.1 Å². The topological polar surface area (TPSA) is 101 Å². The molecule has 2 aromatic rings. The third-order valence-corrected chi connectivity index (χ3v) is 5.77. The maximum Gasteiger partial charge on any atom is 0.490 e. The zero-order valence-corrected chi connectivity index (χ0v) is 17.7. The molecule has 2 aliphatic rings. The van der Waals surface area contributed by atoms with Crippen LogP contribution in [-0.4, -0.2) is 69.2 Å². The van der Waals surface area contributed by atoms with Crippen LogP contribution in [0, 0.1) is 0 Å². The molecule has 2 aliphatic heterocycles. The fourth-order valence-corrected chi connectivity index (χ4v) is 4.02. The summed E-state index contributed by atoms with van der Waals surface area (Å²) < 4.78 is 45.0. The van der Waals surface area contributed by atoms with Crippen LogP contribution in [0.3, 0.4) is 0 Å². The lowest BCUT2D eigenvalue weighted by Crippen LogP contribution is -2.64. The van der Waals surface area contributed by atoms with Crippen molar-refractivity contribution in [1.82, 2.24) is 14.7 Å². The van der Waals surface area contributed by atoms with E-state index in [-0.39, 0.29) is 24.2 Å². The predicted molar refractivity (Wildman–Crippen MR) is 106 cm³/mol. The Bertz CT molecular complexity index is 920.